The first-order valence-electron chi connectivity index (χ1n) is 5.42. The van der Waals surface area contributed by atoms with Crippen LogP contribution in [0.3, 0.4) is 0 Å². The van der Waals surface area contributed by atoms with Crippen molar-refractivity contribution in [3.63, 3.8) is 0 Å². The smallest absolute Gasteiger partial charge is 0.209 e. The van der Waals surface area contributed by atoms with Crippen LogP contribution in [0, 0.1) is 0 Å². The van der Waals surface area contributed by atoms with Crippen LogP contribution in [-0.2, 0) is 9.84 Å². The number of nitrogens with two attached hydrogens (primary N) is 1. The van der Waals surface area contributed by atoms with E-state index in [1.54, 1.807) is 24.3 Å². The Bertz CT molecular complexity index is 396. The van der Waals surface area contributed by atoms with Gasteiger partial charge in [0.25, 0.3) is 0 Å². The molecule has 1 aromatic rings. The van der Waals surface area contributed by atoms with E-state index in [4.69, 9.17) is 5.84 Å². The summed E-state index contributed by atoms with van der Waals surface area (Å²) in [7, 11) is -2.88. The van der Waals surface area contributed by atoms with E-state index in [1.807, 2.05) is 0 Å². The molecule has 0 amide bonds. The average Bonchev–Trinajstić information content (AvgIpc) is 2.85. The van der Waals surface area contributed by atoms with E-state index in [-0.39, 0.29) is 0 Å². The molecule has 2 rings (SSSR count). The van der Waals surface area contributed by atoms with Crippen LogP contribution in [0.2, 0.25) is 0 Å². The summed E-state index contributed by atoms with van der Waals surface area (Å²) in [5.41, 5.74) is 2.60. The van der Waals surface area contributed by atoms with Gasteiger partial charge in [-0.2, -0.15) is 0 Å². The van der Waals surface area contributed by atoms with Crippen LogP contribution in [0.1, 0.15) is 26.2 Å². The number of rotatable bonds is 4. The molecule has 0 saturated heterocycles. The van der Waals surface area contributed by atoms with Gasteiger partial charge in [0.15, 0.2) is 0 Å². The first-order chi connectivity index (χ1) is 7.64. The molecule has 3 N–H and O–H groups in total. The second-order valence-corrected chi connectivity index (χ2v) is 5.50. The number of hydrogen-bond donors (Lipinski definition) is 2. The standard InChI is InChI=1S/C6H4O2S.C5H14N2/c7-9(8)5-3-1-2-4-6(5)9;1-2-3-4-5-7-6/h1-4H;7H,2-6H2,1H3. The van der Waals surface area contributed by atoms with Crippen LogP contribution in [-0.4, -0.2) is 15.0 Å². The first kappa shape index (κ1) is 13.2. The van der Waals surface area contributed by atoms with Crippen molar-refractivity contribution in [2.75, 3.05) is 6.54 Å². The average molecular weight is 242 g/mol. The maximum absolute atomic E-state index is 10.7. The minimum atomic E-state index is -2.88. The van der Waals surface area contributed by atoms with Gasteiger partial charge in [0, 0.05) is 6.54 Å². The lowest BCUT2D eigenvalue weighted by atomic mass is 10.3. The SMILES string of the molecule is CCCCCNN.O=S1(=O)c2ccccc21. The molecule has 0 atom stereocenters. The molecule has 0 saturated carbocycles. The van der Waals surface area contributed by atoms with E-state index < -0.39 is 9.84 Å². The van der Waals surface area contributed by atoms with E-state index in [0.29, 0.717) is 9.79 Å². The van der Waals surface area contributed by atoms with E-state index >= 15 is 0 Å². The van der Waals surface area contributed by atoms with Crippen molar-refractivity contribution in [2.24, 2.45) is 5.84 Å². The predicted molar refractivity (Wildman–Crippen MR) is 63.6 cm³/mol. The highest BCUT2D eigenvalue weighted by atomic mass is 32.2. The zero-order chi connectivity index (χ0) is 12.0. The van der Waals surface area contributed by atoms with Gasteiger partial charge in [0.2, 0.25) is 9.84 Å². The number of fused-ring (bicyclic) bond motifs is 1. The van der Waals surface area contributed by atoms with E-state index in [0.717, 1.165) is 6.54 Å². The van der Waals surface area contributed by atoms with Gasteiger partial charge >= 0.3 is 0 Å². The van der Waals surface area contributed by atoms with Crippen LogP contribution in [0.4, 0.5) is 0 Å². The third kappa shape index (κ3) is 3.30. The zero-order valence-corrected chi connectivity index (χ0v) is 10.3. The summed E-state index contributed by atoms with van der Waals surface area (Å²) in [5, 5.41) is 0. The largest absolute Gasteiger partial charge is 0.271 e. The van der Waals surface area contributed by atoms with Crippen molar-refractivity contribution in [2.45, 2.75) is 36.0 Å². The Balaban J connectivity index is 0.000000168. The van der Waals surface area contributed by atoms with Crippen LogP contribution < -0.4 is 11.3 Å². The van der Waals surface area contributed by atoms with Crippen molar-refractivity contribution in [1.29, 1.82) is 0 Å². The van der Waals surface area contributed by atoms with Crippen molar-refractivity contribution in [1.82, 2.24) is 5.43 Å². The van der Waals surface area contributed by atoms with Crippen LogP contribution in [0.5, 0.6) is 0 Å². The molecule has 0 fully saturated rings. The molecule has 0 bridgehead atoms. The highest BCUT2D eigenvalue weighted by molar-refractivity contribution is 7.97. The Labute approximate surface area is 96.7 Å². The fourth-order valence-corrected chi connectivity index (χ4v) is 2.63. The Hall–Kier alpha value is -0.910. The van der Waals surface area contributed by atoms with Gasteiger partial charge in [0.1, 0.15) is 0 Å². The maximum Gasteiger partial charge on any atom is 0.209 e. The lowest BCUT2D eigenvalue weighted by Gasteiger charge is -1.93. The minimum Gasteiger partial charge on any atom is -0.271 e. The van der Waals surface area contributed by atoms with Crippen molar-refractivity contribution >= 4 is 9.84 Å². The third-order valence-corrected chi connectivity index (χ3v) is 3.98. The lowest BCUT2D eigenvalue weighted by Crippen LogP contribution is -2.22. The summed E-state index contributed by atoms with van der Waals surface area (Å²) in [4.78, 5) is 0.981. The minimum absolute atomic E-state index is 0.491. The molecule has 0 radical (unpaired) electrons. The van der Waals surface area contributed by atoms with Crippen LogP contribution in [0.25, 0.3) is 0 Å². The number of hydrogen-bond acceptors (Lipinski definition) is 4. The molecule has 1 heterocycles. The van der Waals surface area contributed by atoms with Gasteiger partial charge in [-0.1, -0.05) is 31.9 Å². The van der Waals surface area contributed by atoms with Crippen molar-refractivity contribution in [3.05, 3.63) is 24.3 Å². The molecular weight excluding hydrogens is 224 g/mol. The van der Waals surface area contributed by atoms with Crippen LogP contribution >= 0.6 is 0 Å². The summed E-state index contributed by atoms with van der Waals surface area (Å²) in [6.45, 7) is 3.13. The molecule has 4 nitrogen and oxygen atoms in total. The Kier molecular flexibility index (Phi) is 4.92. The summed E-state index contributed by atoms with van der Waals surface area (Å²) >= 11 is 0. The second-order valence-electron chi connectivity index (χ2n) is 3.61. The fourth-order valence-electron chi connectivity index (χ4n) is 1.33. The van der Waals surface area contributed by atoms with Gasteiger partial charge in [-0.15, -0.1) is 0 Å². The van der Waals surface area contributed by atoms with Crippen LogP contribution in [0.15, 0.2) is 34.1 Å². The van der Waals surface area contributed by atoms with Gasteiger partial charge in [-0.25, -0.2) is 8.42 Å². The first-order valence-corrected chi connectivity index (χ1v) is 6.90. The Morgan fingerprint density at radius 2 is 1.75 bits per heavy atom. The molecule has 16 heavy (non-hydrogen) atoms. The van der Waals surface area contributed by atoms with E-state index in [9.17, 15) is 8.42 Å². The Morgan fingerprint density at radius 1 is 1.19 bits per heavy atom. The number of unbranched alkanes of at least 4 members (excludes halogenated alkanes) is 2. The molecule has 0 aliphatic carbocycles. The molecule has 1 aliphatic rings. The van der Waals surface area contributed by atoms with E-state index in [1.165, 1.54) is 19.3 Å². The lowest BCUT2D eigenvalue weighted by molar-refractivity contribution is 0.612. The molecule has 5 heteroatoms. The fraction of sp³-hybridized carbons (Fsp3) is 0.455. The molecule has 90 valence electrons. The number of sulfone groups is 1. The highest BCUT2D eigenvalue weighted by Crippen LogP contribution is 2.38. The Morgan fingerprint density at radius 3 is 2.12 bits per heavy atom. The normalized spacial score (nSPS) is 14.6. The second kappa shape index (κ2) is 5.98. The summed E-state index contributed by atoms with van der Waals surface area (Å²) in [6, 6.07) is 6.68. The molecule has 1 aliphatic heterocycles. The number of nitrogens with one attached hydrogen (secondary N) is 1. The van der Waals surface area contributed by atoms with Gasteiger partial charge in [-0.05, 0) is 18.6 Å². The summed E-state index contributed by atoms with van der Waals surface area (Å²) in [6.07, 6.45) is 3.75. The van der Waals surface area contributed by atoms with Gasteiger partial charge in [0.05, 0.1) is 9.79 Å². The summed E-state index contributed by atoms with van der Waals surface area (Å²) in [5.74, 6) is 5.02. The molecular formula is C11H18N2O2S. The maximum atomic E-state index is 10.7. The van der Waals surface area contributed by atoms with Crippen molar-refractivity contribution in [3.8, 4) is 0 Å². The highest BCUT2D eigenvalue weighted by Gasteiger charge is 2.37. The summed E-state index contributed by atoms with van der Waals surface area (Å²) < 4.78 is 21.5. The third-order valence-electron chi connectivity index (χ3n) is 2.31. The monoisotopic (exact) mass is 242 g/mol. The van der Waals surface area contributed by atoms with E-state index in [2.05, 4.69) is 12.3 Å². The molecule has 0 aromatic heterocycles. The molecule has 0 spiro atoms. The van der Waals surface area contributed by atoms with Gasteiger partial charge in [-0.3, -0.25) is 11.3 Å². The zero-order valence-electron chi connectivity index (χ0n) is 9.44. The van der Waals surface area contributed by atoms with Crippen molar-refractivity contribution < 1.29 is 8.42 Å². The number of benzene rings is 1. The molecule has 0 unspecified atom stereocenters. The predicted octanol–water partition coefficient (Wildman–Crippen LogP) is 1.47. The quantitative estimate of drug-likeness (QED) is 0.368. The van der Waals surface area contributed by atoms with Gasteiger partial charge < -0.3 is 0 Å². The topological polar surface area (TPSA) is 72.2 Å². The number of hydrazine groups is 1. The molecule has 1 aromatic carbocycles.